The van der Waals surface area contributed by atoms with Crippen LogP contribution in [0.2, 0.25) is 0 Å². The van der Waals surface area contributed by atoms with Gasteiger partial charge in [-0.2, -0.15) is 0 Å². The third-order valence-corrected chi connectivity index (χ3v) is 3.05. The first-order chi connectivity index (χ1) is 9.22. The lowest BCUT2D eigenvalue weighted by molar-refractivity contribution is 0.338. The Morgan fingerprint density at radius 1 is 1.05 bits per heavy atom. The molecule has 0 saturated heterocycles. The van der Waals surface area contributed by atoms with E-state index in [9.17, 15) is 0 Å². The van der Waals surface area contributed by atoms with E-state index in [4.69, 9.17) is 21.1 Å². The summed E-state index contributed by atoms with van der Waals surface area (Å²) < 4.78 is 11.3. The van der Waals surface area contributed by atoms with Crippen molar-refractivity contribution in [2.24, 2.45) is 0 Å². The minimum Gasteiger partial charge on any atom is -0.494 e. The molecule has 0 saturated carbocycles. The number of halogens is 1. The Kier molecular flexibility index (Phi) is 4.69. The van der Waals surface area contributed by atoms with Gasteiger partial charge in [-0.15, -0.1) is 11.6 Å². The van der Waals surface area contributed by atoms with Crippen LogP contribution in [0.25, 0.3) is 0 Å². The van der Waals surface area contributed by atoms with Crippen LogP contribution in [0.5, 0.6) is 17.2 Å². The summed E-state index contributed by atoms with van der Waals surface area (Å²) in [5.74, 6) is 2.94. The van der Waals surface area contributed by atoms with Gasteiger partial charge in [0, 0.05) is 11.9 Å². The topological polar surface area (TPSA) is 18.5 Å². The molecule has 0 aromatic heterocycles. The van der Waals surface area contributed by atoms with Crippen LogP contribution in [0, 0.1) is 6.92 Å². The molecule has 0 fully saturated rings. The van der Waals surface area contributed by atoms with Gasteiger partial charge in [0.15, 0.2) is 0 Å². The highest BCUT2D eigenvalue weighted by Gasteiger charge is 2.04. The number of aryl methyl sites for hydroxylation is 1. The first kappa shape index (κ1) is 13.8. The summed E-state index contributed by atoms with van der Waals surface area (Å²) in [6, 6.07) is 13.6. The van der Waals surface area contributed by atoms with Gasteiger partial charge in [0.2, 0.25) is 0 Å². The maximum atomic E-state index is 5.87. The van der Waals surface area contributed by atoms with Crippen molar-refractivity contribution in [3.05, 3.63) is 53.6 Å². The van der Waals surface area contributed by atoms with Crippen LogP contribution < -0.4 is 9.47 Å². The zero-order valence-corrected chi connectivity index (χ0v) is 11.9. The zero-order chi connectivity index (χ0) is 13.7. The molecule has 2 aromatic carbocycles. The predicted octanol–water partition coefficient (Wildman–Crippen LogP) is 4.92. The normalized spacial score (nSPS) is 10.3. The first-order valence-corrected chi connectivity index (χ1v) is 6.82. The van der Waals surface area contributed by atoms with Gasteiger partial charge in [-0.05, 0) is 43.2 Å². The maximum absolute atomic E-state index is 5.87. The fourth-order valence-corrected chi connectivity index (χ4v) is 2.00. The highest BCUT2D eigenvalue weighted by molar-refractivity contribution is 6.17. The monoisotopic (exact) mass is 276 g/mol. The van der Waals surface area contributed by atoms with Crippen molar-refractivity contribution in [3.8, 4) is 17.2 Å². The number of hydrogen-bond donors (Lipinski definition) is 0. The lowest BCUT2D eigenvalue weighted by atomic mass is 10.1. The summed E-state index contributed by atoms with van der Waals surface area (Å²) in [4.78, 5) is 0. The van der Waals surface area contributed by atoms with E-state index >= 15 is 0 Å². The van der Waals surface area contributed by atoms with E-state index in [-0.39, 0.29) is 0 Å². The van der Waals surface area contributed by atoms with E-state index in [1.807, 2.05) is 56.3 Å². The molecule has 0 heterocycles. The summed E-state index contributed by atoms with van der Waals surface area (Å²) in [6.07, 6.45) is 0. The molecule has 0 bridgehead atoms. The number of hydrogen-bond acceptors (Lipinski definition) is 2. The van der Waals surface area contributed by atoms with Gasteiger partial charge in [-0.3, -0.25) is 0 Å². The van der Waals surface area contributed by atoms with E-state index in [1.54, 1.807) is 0 Å². The Labute approximate surface area is 118 Å². The van der Waals surface area contributed by atoms with Crippen LogP contribution in [0.3, 0.4) is 0 Å². The molecule has 0 spiro atoms. The van der Waals surface area contributed by atoms with Gasteiger partial charge in [-0.25, -0.2) is 0 Å². The van der Waals surface area contributed by atoms with Crippen molar-refractivity contribution in [2.45, 2.75) is 19.7 Å². The minimum absolute atomic E-state index is 0.515. The number of benzene rings is 2. The molecule has 0 amide bonds. The Morgan fingerprint density at radius 3 is 2.53 bits per heavy atom. The number of rotatable bonds is 5. The summed E-state index contributed by atoms with van der Waals surface area (Å²) in [7, 11) is 0. The van der Waals surface area contributed by atoms with Crippen LogP contribution in [-0.4, -0.2) is 6.61 Å². The third-order valence-electron chi connectivity index (χ3n) is 2.74. The Balaban J connectivity index is 2.18. The molecular formula is C16H17ClO2. The van der Waals surface area contributed by atoms with E-state index in [2.05, 4.69) is 0 Å². The molecule has 2 nitrogen and oxygen atoms in total. The van der Waals surface area contributed by atoms with Crippen LogP contribution in [-0.2, 0) is 5.88 Å². The highest BCUT2D eigenvalue weighted by atomic mass is 35.5. The fraction of sp³-hybridized carbons (Fsp3) is 0.250. The zero-order valence-electron chi connectivity index (χ0n) is 11.2. The largest absolute Gasteiger partial charge is 0.494 e. The summed E-state index contributed by atoms with van der Waals surface area (Å²) >= 11 is 5.81. The molecule has 0 N–H and O–H groups in total. The smallest absolute Gasteiger partial charge is 0.131 e. The molecule has 0 aliphatic heterocycles. The molecule has 0 radical (unpaired) electrons. The molecule has 2 rings (SSSR count). The predicted molar refractivity (Wildman–Crippen MR) is 78.4 cm³/mol. The number of alkyl halides is 1. The Morgan fingerprint density at radius 2 is 1.84 bits per heavy atom. The van der Waals surface area contributed by atoms with Crippen molar-refractivity contribution < 1.29 is 9.47 Å². The summed E-state index contributed by atoms with van der Waals surface area (Å²) in [6.45, 7) is 4.62. The van der Waals surface area contributed by atoms with E-state index in [0.29, 0.717) is 12.5 Å². The van der Waals surface area contributed by atoms with Crippen molar-refractivity contribution in [3.63, 3.8) is 0 Å². The van der Waals surface area contributed by atoms with Gasteiger partial charge in [0.25, 0.3) is 0 Å². The van der Waals surface area contributed by atoms with Crippen LogP contribution in [0.1, 0.15) is 18.1 Å². The second kappa shape index (κ2) is 6.48. The minimum atomic E-state index is 0.515. The van der Waals surface area contributed by atoms with Gasteiger partial charge < -0.3 is 9.47 Å². The maximum Gasteiger partial charge on any atom is 0.131 e. The number of ether oxygens (including phenoxy) is 2. The standard InChI is InChI=1S/C16H17ClO2/c1-3-18-14-5-4-6-15(10-14)19-16-8-7-13(11-17)9-12(16)2/h4-10H,3,11H2,1-2H3. The quantitative estimate of drug-likeness (QED) is 0.721. The molecule has 0 aliphatic rings. The molecule has 0 atom stereocenters. The van der Waals surface area contributed by atoms with E-state index in [1.165, 1.54) is 0 Å². The third kappa shape index (κ3) is 3.65. The van der Waals surface area contributed by atoms with Gasteiger partial charge >= 0.3 is 0 Å². The van der Waals surface area contributed by atoms with Gasteiger partial charge in [0.05, 0.1) is 6.61 Å². The fourth-order valence-electron chi connectivity index (χ4n) is 1.83. The Hall–Kier alpha value is -1.67. The van der Waals surface area contributed by atoms with Crippen molar-refractivity contribution >= 4 is 11.6 Å². The van der Waals surface area contributed by atoms with E-state index < -0.39 is 0 Å². The van der Waals surface area contributed by atoms with Crippen LogP contribution in [0.15, 0.2) is 42.5 Å². The second-order valence-corrected chi connectivity index (χ2v) is 4.51. The second-order valence-electron chi connectivity index (χ2n) is 4.24. The molecule has 2 aromatic rings. The molecule has 0 aliphatic carbocycles. The average Bonchev–Trinajstić information content (AvgIpc) is 2.42. The van der Waals surface area contributed by atoms with E-state index in [0.717, 1.165) is 28.4 Å². The molecule has 0 unspecified atom stereocenters. The van der Waals surface area contributed by atoms with Gasteiger partial charge in [0.1, 0.15) is 17.2 Å². The first-order valence-electron chi connectivity index (χ1n) is 6.29. The SMILES string of the molecule is CCOc1cccc(Oc2ccc(CCl)cc2C)c1. The highest BCUT2D eigenvalue weighted by Crippen LogP contribution is 2.28. The van der Waals surface area contributed by atoms with Crippen molar-refractivity contribution in [1.82, 2.24) is 0 Å². The van der Waals surface area contributed by atoms with Gasteiger partial charge in [-0.1, -0.05) is 18.2 Å². The van der Waals surface area contributed by atoms with Crippen LogP contribution in [0.4, 0.5) is 0 Å². The lowest BCUT2D eigenvalue weighted by Gasteiger charge is -2.11. The molecular weight excluding hydrogens is 260 g/mol. The molecule has 19 heavy (non-hydrogen) atoms. The summed E-state index contributed by atoms with van der Waals surface area (Å²) in [5, 5.41) is 0. The average molecular weight is 277 g/mol. The van der Waals surface area contributed by atoms with Crippen molar-refractivity contribution in [2.75, 3.05) is 6.61 Å². The van der Waals surface area contributed by atoms with Crippen LogP contribution >= 0.6 is 11.6 Å². The summed E-state index contributed by atoms with van der Waals surface area (Å²) in [5.41, 5.74) is 2.16. The van der Waals surface area contributed by atoms with Crippen molar-refractivity contribution in [1.29, 1.82) is 0 Å². The molecule has 3 heteroatoms. The molecule has 100 valence electrons. The lowest BCUT2D eigenvalue weighted by Crippen LogP contribution is -1.93. The Bertz CT molecular complexity index is 552.